The van der Waals surface area contributed by atoms with E-state index >= 15 is 0 Å². The van der Waals surface area contributed by atoms with Crippen molar-refractivity contribution >= 4 is 49.7 Å². The third-order valence-electron chi connectivity index (χ3n) is 3.72. The summed E-state index contributed by atoms with van der Waals surface area (Å²) < 4.78 is 24.3. The highest BCUT2D eigenvalue weighted by Gasteiger charge is 2.17. The molecular weight excluding hydrogens is 408 g/mol. The maximum Gasteiger partial charge on any atom is 0.259 e. The fourth-order valence-electron chi connectivity index (χ4n) is 2.21. The summed E-state index contributed by atoms with van der Waals surface area (Å²) in [6.45, 7) is 0. The zero-order valence-corrected chi connectivity index (χ0v) is 16.8. The predicted molar refractivity (Wildman–Crippen MR) is 108 cm³/mol. The number of sulfonamides is 1. The number of hydrogen-bond acceptors (Lipinski definition) is 6. The van der Waals surface area contributed by atoms with E-state index in [1.165, 1.54) is 36.6 Å². The Labute approximate surface area is 165 Å². The smallest absolute Gasteiger partial charge is 0.259 e. The number of carbonyl (C=O) groups excluding carboxylic acids is 1. The van der Waals surface area contributed by atoms with Gasteiger partial charge in [-0.3, -0.25) is 14.4 Å². The summed E-state index contributed by atoms with van der Waals surface area (Å²) in [6, 6.07) is 13.9. The van der Waals surface area contributed by atoms with Gasteiger partial charge in [-0.25, -0.2) is 8.42 Å². The number of aromatic nitrogens is 2. The normalized spacial score (nSPS) is 11.2. The zero-order chi connectivity index (χ0) is 19.6. The summed E-state index contributed by atoms with van der Waals surface area (Å²) >= 11 is 7.41. The Kier molecular flexibility index (Phi) is 5.45. The molecule has 1 N–H and O–H groups in total. The van der Waals surface area contributed by atoms with Gasteiger partial charge in [-0.2, -0.15) is 0 Å². The van der Waals surface area contributed by atoms with Crippen LogP contribution in [0.5, 0.6) is 0 Å². The number of rotatable bonds is 5. The topological polar surface area (TPSA) is 92.3 Å². The molecule has 0 radical (unpaired) electrons. The fourth-order valence-corrected chi connectivity index (χ4v) is 3.71. The molecule has 0 saturated heterocycles. The second kappa shape index (κ2) is 7.63. The van der Waals surface area contributed by atoms with E-state index in [1.54, 1.807) is 0 Å². The van der Waals surface area contributed by atoms with Gasteiger partial charge in [-0.1, -0.05) is 53.3 Å². The highest BCUT2D eigenvalue weighted by atomic mass is 35.5. The van der Waals surface area contributed by atoms with Crippen LogP contribution in [0, 0.1) is 0 Å². The standard InChI is InChI=1S/C17H15ClN4O3S2/c1-22(27(2,24)25)12-8-9-13(14(18)10-12)15(23)19-17-21-20-16(26-17)11-6-4-3-5-7-11/h3-10H,1-2H3,(H,19,21,23). The minimum Gasteiger partial charge on any atom is -0.296 e. The number of benzene rings is 2. The predicted octanol–water partition coefficient (Wildman–Crippen LogP) is 3.51. The molecule has 10 heteroatoms. The molecule has 3 rings (SSSR count). The van der Waals surface area contributed by atoms with Crippen molar-refractivity contribution in [1.29, 1.82) is 0 Å². The molecule has 0 saturated carbocycles. The second-order valence-corrected chi connectivity index (χ2v) is 9.03. The molecular formula is C17H15ClN4O3S2. The van der Waals surface area contributed by atoms with E-state index in [-0.39, 0.29) is 10.6 Å². The lowest BCUT2D eigenvalue weighted by Crippen LogP contribution is -2.25. The quantitative estimate of drug-likeness (QED) is 0.679. The van der Waals surface area contributed by atoms with Gasteiger partial charge in [0, 0.05) is 12.6 Å². The van der Waals surface area contributed by atoms with Crippen LogP contribution in [-0.4, -0.2) is 37.8 Å². The van der Waals surface area contributed by atoms with E-state index in [2.05, 4.69) is 15.5 Å². The molecule has 3 aromatic rings. The highest BCUT2D eigenvalue weighted by molar-refractivity contribution is 7.92. The molecule has 27 heavy (non-hydrogen) atoms. The summed E-state index contributed by atoms with van der Waals surface area (Å²) in [5, 5.41) is 11.9. The third kappa shape index (κ3) is 4.44. The molecule has 0 bridgehead atoms. The Balaban J connectivity index is 1.78. The van der Waals surface area contributed by atoms with E-state index in [0.717, 1.165) is 16.1 Å². The van der Waals surface area contributed by atoms with Crippen LogP contribution in [0.4, 0.5) is 10.8 Å². The molecule has 0 spiro atoms. The number of anilines is 2. The van der Waals surface area contributed by atoms with Crippen molar-refractivity contribution in [2.75, 3.05) is 22.9 Å². The number of halogens is 1. The van der Waals surface area contributed by atoms with Crippen LogP contribution in [0.1, 0.15) is 10.4 Å². The van der Waals surface area contributed by atoms with Gasteiger partial charge in [0.1, 0.15) is 5.01 Å². The third-order valence-corrected chi connectivity index (χ3v) is 6.13. The van der Waals surface area contributed by atoms with Crippen LogP contribution < -0.4 is 9.62 Å². The lowest BCUT2D eigenvalue weighted by molar-refractivity contribution is 0.102. The van der Waals surface area contributed by atoms with Gasteiger partial charge >= 0.3 is 0 Å². The maximum atomic E-state index is 12.5. The average Bonchev–Trinajstić information content (AvgIpc) is 3.09. The summed E-state index contributed by atoms with van der Waals surface area (Å²) in [7, 11) is -2.01. The first kappa shape index (κ1) is 19.3. The van der Waals surface area contributed by atoms with Crippen molar-refractivity contribution in [1.82, 2.24) is 10.2 Å². The molecule has 1 amide bonds. The molecule has 140 valence electrons. The number of carbonyl (C=O) groups is 1. The Hall–Kier alpha value is -2.49. The minimum absolute atomic E-state index is 0.133. The Morgan fingerprint density at radius 3 is 2.48 bits per heavy atom. The van der Waals surface area contributed by atoms with E-state index in [0.29, 0.717) is 15.8 Å². The van der Waals surface area contributed by atoms with Crippen LogP contribution in [0.2, 0.25) is 5.02 Å². The second-order valence-electron chi connectivity index (χ2n) is 5.63. The van der Waals surface area contributed by atoms with E-state index in [4.69, 9.17) is 11.6 Å². The van der Waals surface area contributed by atoms with Crippen molar-refractivity contribution < 1.29 is 13.2 Å². The van der Waals surface area contributed by atoms with Crippen LogP contribution in [-0.2, 0) is 10.0 Å². The van der Waals surface area contributed by atoms with Crippen molar-refractivity contribution in [3.63, 3.8) is 0 Å². The molecule has 0 atom stereocenters. The largest absolute Gasteiger partial charge is 0.296 e. The number of hydrogen-bond donors (Lipinski definition) is 1. The number of nitrogens with zero attached hydrogens (tertiary/aromatic N) is 3. The summed E-state index contributed by atoms with van der Waals surface area (Å²) in [4.78, 5) is 12.5. The average molecular weight is 423 g/mol. The number of amides is 1. The summed E-state index contributed by atoms with van der Waals surface area (Å²) in [5.41, 5.74) is 1.47. The van der Waals surface area contributed by atoms with Crippen LogP contribution in [0.3, 0.4) is 0 Å². The molecule has 7 nitrogen and oxygen atoms in total. The lowest BCUT2D eigenvalue weighted by Gasteiger charge is -2.17. The molecule has 1 aromatic heterocycles. The molecule has 0 aliphatic heterocycles. The maximum absolute atomic E-state index is 12.5. The van der Waals surface area contributed by atoms with E-state index in [9.17, 15) is 13.2 Å². The Morgan fingerprint density at radius 1 is 1.15 bits per heavy atom. The van der Waals surface area contributed by atoms with Crippen molar-refractivity contribution in [2.24, 2.45) is 0 Å². The van der Waals surface area contributed by atoms with Crippen molar-refractivity contribution in [3.8, 4) is 10.6 Å². The zero-order valence-electron chi connectivity index (χ0n) is 14.4. The lowest BCUT2D eigenvalue weighted by atomic mass is 10.2. The van der Waals surface area contributed by atoms with Gasteiger partial charge in [-0.15, -0.1) is 10.2 Å². The van der Waals surface area contributed by atoms with Gasteiger partial charge in [0.2, 0.25) is 15.2 Å². The van der Waals surface area contributed by atoms with Gasteiger partial charge in [-0.05, 0) is 18.2 Å². The first-order valence-electron chi connectivity index (χ1n) is 7.69. The Bertz CT molecular complexity index is 1080. The Morgan fingerprint density at radius 2 is 1.85 bits per heavy atom. The first-order chi connectivity index (χ1) is 12.8. The fraction of sp³-hybridized carbons (Fsp3) is 0.118. The van der Waals surface area contributed by atoms with Crippen LogP contribution in [0.25, 0.3) is 10.6 Å². The SMILES string of the molecule is CN(c1ccc(C(=O)Nc2nnc(-c3ccccc3)s2)c(Cl)c1)S(C)(=O)=O. The van der Waals surface area contributed by atoms with Gasteiger partial charge < -0.3 is 0 Å². The van der Waals surface area contributed by atoms with E-state index < -0.39 is 15.9 Å². The van der Waals surface area contributed by atoms with Crippen LogP contribution >= 0.6 is 22.9 Å². The molecule has 0 aliphatic carbocycles. The molecule has 0 aliphatic rings. The highest BCUT2D eigenvalue weighted by Crippen LogP contribution is 2.28. The minimum atomic E-state index is -3.42. The van der Waals surface area contributed by atoms with Gasteiger partial charge in [0.15, 0.2) is 0 Å². The van der Waals surface area contributed by atoms with Crippen LogP contribution in [0.15, 0.2) is 48.5 Å². The van der Waals surface area contributed by atoms with Crippen molar-refractivity contribution in [2.45, 2.75) is 0 Å². The molecule has 0 fully saturated rings. The summed E-state index contributed by atoms with van der Waals surface area (Å²) in [6.07, 6.45) is 1.08. The molecule has 0 unspecified atom stereocenters. The van der Waals surface area contributed by atoms with Crippen molar-refractivity contribution in [3.05, 3.63) is 59.1 Å². The molecule has 1 heterocycles. The van der Waals surface area contributed by atoms with Gasteiger partial charge in [0.25, 0.3) is 5.91 Å². The van der Waals surface area contributed by atoms with E-state index in [1.807, 2.05) is 30.3 Å². The monoisotopic (exact) mass is 422 g/mol. The number of nitrogens with one attached hydrogen (secondary N) is 1. The summed E-state index contributed by atoms with van der Waals surface area (Å²) in [5.74, 6) is -0.454. The van der Waals surface area contributed by atoms with Gasteiger partial charge in [0.05, 0.1) is 22.5 Å². The molecule has 2 aromatic carbocycles. The first-order valence-corrected chi connectivity index (χ1v) is 10.7.